The molecule has 1 N–H and O–H groups in total. The quantitative estimate of drug-likeness (QED) is 0.105. The second-order valence-electron chi connectivity index (χ2n) is 11.9. The molecular formula is C42H41BO5. The van der Waals surface area contributed by atoms with E-state index >= 15 is 0 Å². The van der Waals surface area contributed by atoms with E-state index in [0.29, 0.717) is 0 Å². The number of aliphatic hydroxyl groups is 1. The van der Waals surface area contributed by atoms with E-state index in [-0.39, 0.29) is 0 Å². The molecule has 1 heterocycles. The number of aliphatic hydroxyl groups excluding tert-OH is 1. The first-order valence-corrected chi connectivity index (χ1v) is 16.3. The minimum atomic E-state index is -1.15. The Labute approximate surface area is 284 Å². The van der Waals surface area contributed by atoms with Crippen LogP contribution in [0, 0.1) is 0 Å². The van der Waals surface area contributed by atoms with Crippen LogP contribution in [-0.4, -0.2) is 44.8 Å². The number of hydrogen-bond donors (Lipinski definition) is 1. The van der Waals surface area contributed by atoms with Crippen molar-refractivity contribution in [3.8, 4) is 0 Å². The summed E-state index contributed by atoms with van der Waals surface area (Å²) in [5.41, 5.74) is 2.25. The normalized spacial score (nSPS) is 18.1. The predicted molar refractivity (Wildman–Crippen MR) is 192 cm³/mol. The van der Waals surface area contributed by atoms with Crippen molar-refractivity contribution >= 4 is 13.2 Å². The number of rotatable bonds is 13. The number of methoxy groups -OCH3 is 2. The lowest BCUT2D eigenvalue weighted by Crippen LogP contribution is -2.56. The lowest BCUT2D eigenvalue weighted by Gasteiger charge is -2.47. The van der Waals surface area contributed by atoms with Crippen LogP contribution in [0.2, 0.25) is 5.82 Å². The summed E-state index contributed by atoms with van der Waals surface area (Å²) in [5, 5.41) is 11.6. The van der Waals surface area contributed by atoms with Crippen LogP contribution in [0.1, 0.15) is 27.8 Å². The first-order valence-electron chi connectivity index (χ1n) is 16.3. The van der Waals surface area contributed by atoms with Crippen LogP contribution < -0.4 is 0 Å². The SMILES string of the molecule is C=C[C@@H](B1O[C@@H](C(OC)(c2ccccc2)c2ccccc2)[C@H](C(OC)(c2ccccc2)c2ccccc2)O1)[C@@H](O)/C=C/c1ccccc1. The fraction of sp³-hybridized carbons (Fsp3) is 0.190. The maximum atomic E-state index is 11.6. The van der Waals surface area contributed by atoms with Gasteiger partial charge in [-0.05, 0) is 27.8 Å². The zero-order chi connectivity index (χ0) is 33.4. The third-order valence-corrected chi connectivity index (χ3v) is 9.36. The molecule has 242 valence electrons. The van der Waals surface area contributed by atoms with Crippen LogP contribution in [0.5, 0.6) is 0 Å². The van der Waals surface area contributed by atoms with E-state index < -0.39 is 42.4 Å². The van der Waals surface area contributed by atoms with Gasteiger partial charge in [0.2, 0.25) is 0 Å². The second kappa shape index (κ2) is 15.1. The molecule has 5 nitrogen and oxygen atoms in total. The molecule has 0 bridgehead atoms. The monoisotopic (exact) mass is 636 g/mol. The molecule has 1 saturated heterocycles. The topological polar surface area (TPSA) is 57.2 Å². The van der Waals surface area contributed by atoms with Gasteiger partial charge in [-0.2, -0.15) is 0 Å². The van der Waals surface area contributed by atoms with E-state index in [0.717, 1.165) is 27.8 Å². The van der Waals surface area contributed by atoms with Crippen LogP contribution in [-0.2, 0) is 30.0 Å². The Hall–Kier alpha value is -4.56. The summed E-state index contributed by atoms with van der Waals surface area (Å²) in [6.07, 6.45) is 2.85. The van der Waals surface area contributed by atoms with Crippen LogP contribution in [0.3, 0.4) is 0 Å². The number of benzene rings is 5. The van der Waals surface area contributed by atoms with Gasteiger partial charge in [0.25, 0.3) is 0 Å². The van der Waals surface area contributed by atoms with E-state index in [1.807, 2.05) is 158 Å². The van der Waals surface area contributed by atoms with Crippen molar-refractivity contribution in [2.24, 2.45) is 0 Å². The largest absolute Gasteiger partial charge is 0.468 e. The van der Waals surface area contributed by atoms with Crippen molar-refractivity contribution in [1.82, 2.24) is 0 Å². The van der Waals surface area contributed by atoms with Crippen LogP contribution in [0.4, 0.5) is 0 Å². The van der Waals surface area contributed by atoms with Crippen LogP contribution in [0.25, 0.3) is 6.08 Å². The fourth-order valence-electron chi connectivity index (χ4n) is 7.01. The van der Waals surface area contributed by atoms with Crippen LogP contribution in [0.15, 0.2) is 170 Å². The van der Waals surface area contributed by atoms with Gasteiger partial charge in [0.05, 0.1) is 6.10 Å². The Morgan fingerprint density at radius 2 is 0.938 bits per heavy atom. The Morgan fingerprint density at radius 1 is 0.604 bits per heavy atom. The molecule has 0 unspecified atom stereocenters. The summed E-state index contributed by atoms with van der Waals surface area (Å²) in [4.78, 5) is 0. The van der Waals surface area contributed by atoms with Gasteiger partial charge in [0, 0.05) is 20.0 Å². The molecule has 48 heavy (non-hydrogen) atoms. The zero-order valence-electron chi connectivity index (χ0n) is 27.3. The van der Waals surface area contributed by atoms with Gasteiger partial charge in [0.15, 0.2) is 0 Å². The van der Waals surface area contributed by atoms with Gasteiger partial charge in [-0.3, -0.25) is 0 Å². The van der Waals surface area contributed by atoms with Crippen molar-refractivity contribution in [2.75, 3.05) is 14.2 Å². The molecule has 6 rings (SSSR count). The van der Waals surface area contributed by atoms with Gasteiger partial charge in [-0.1, -0.05) is 170 Å². The minimum absolute atomic E-state index is 0.625. The van der Waals surface area contributed by atoms with Crippen molar-refractivity contribution in [1.29, 1.82) is 0 Å². The highest BCUT2D eigenvalue weighted by atomic mass is 16.7. The van der Waals surface area contributed by atoms with E-state index in [2.05, 4.69) is 6.58 Å². The van der Waals surface area contributed by atoms with Crippen molar-refractivity contribution in [3.63, 3.8) is 0 Å². The standard InChI is InChI=1S/C42H41BO5/c1-4-37(38(44)31-30-32-20-10-5-11-21-32)43-47-39(41(45-2,33-22-12-6-13-23-33)34-24-14-7-15-25-34)40(48-43)42(46-3,35-26-16-8-17-27-35)36-28-18-9-19-29-36/h4-31,37-40,44H,1H2,2-3H3/b31-30+/t37-,38+,39-,40-/m1/s1. The highest BCUT2D eigenvalue weighted by Crippen LogP contribution is 2.51. The van der Waals surface area contributed by atoms with Crippen molar-refractivity contribution < 1.29 is 23.9 Å². The maximum Gasteiger partial charge on any atom is 0.468 e. The third kappa shape index (κ3) is 6.21. The van der Waals surface area contributed by atoms with Crippen molar-refractivity contribution in [3.05, 3.63) is 198 Å². The van der Waals surface area contributed by atoms with Gasteiger partial charge in [-0.15, -0.1) is 6.58 Å². The highest BCUT2D eigenvalue weighted by Gasteiger charge is 2.63. The molecule has 0 aliphatic carbocycles. The Morgan fingerprint density at radius 3 is 1.25 bits per heavy atom. The molecule has 1 fully saturated rings. The van der Waals surface area contributed by atoms with E-state index in [9.17, 15) is 5.11 Å². The molecular weight excluding hydrogens is 595 g/mol. The molecule has 1 aliphatic heterocycles. The smallest absolute Gasteiger partial charge is 0.401 e. The summed E-state index contributed by atoms with van der Waals surface area (Å²) >= 11 is 0. The summed E-state index contributed by atoms with van der Waals surface area (Å²) in [7, 11) is 2.50. The zero-order valence-corrected chi connectivity index (χ0v) is 27.3. The number of hydrogen-bond acceptors (Lipinski definition) is 5. The molecule has 0 aromatic heterocycles. The fourth-order valence-corrected chi connectivity index (χ4v) is 7.01. The van der Waals surface area contributed by atoms with Gasteiger partial charge < -0.3 is 23.9 Å². The van der Waals surface area contributed by atoms with Crippen LogP contribution >= 0.6 is 0 Å². The van der Waals surface area contributed by atoms with E-state index in [4.69, 9.17) is 18.8 Å². The van der Waals surface area contributed by atoms with Gasteiger partial charge in [-0.25, -0.2) is 0 Å². The molecule has 6 heteroatoms. The molecule has 0 radical (unpaired) electrons. The third-order valence-electron chi connectivity index (χ3n) is 9.36. The highest BCUT2D eigenvalue weighted by molar-refractivity contribution is 6.48. The molecule has 0 amide bonds. The van der Waals surface area contributed by atoms with E-state index in [1.165, 1.54) is 0 Å². The summed E-state index contributed by atoms with van der Waals surface area (Å²) in [5.74, 6) is -0.625. The average Bonchev–Trinajstić information content (AvgIpc) is 3.59. The second-order valence-corrected chi connectivity index (χ2v) is 11.9. The molecule has 4 atom stereocenters. The van der Waals surface area contributed by atoms with E-state index in [1.54, 1.807) is 26.4 Å². The van der Waals surface area contributed by atoms with Crippen molar-refractivity contribution in [2.45, 2.75) is 35.3 Å². The summed E-state index contributed by atoms with van der Waals surface area (Å²) < 4.78 is 27.6. The summed E-state index contributed by atoms with van der Waals surface area (Å²) in [6.45, 7) is 4.11. The molecule has 0 spiro atoms. The predicted octanol–water partition coefficient (Wildman–Crippen LogP) is 8.07. The molecule has 1 aliphatic rings. The average molecular weight is 637 g/mol. The Kier molecular flexibility index (Phi) is 10.5. The first-order chi connectivity index (χ1) is 23.6. The molecule has 5 aromatic carbocycles. The maximum absolute atomic E-state index is 11.6. The lowest BCUT2D eigenvalue weighted by atomic mass is 9.68. The Balaban J connectivity index is 1.56. The molecule has 0 saturated carbocycles. The lowest BCUT2D eigenvalue weighted by molar-refractivity contribution is -0.136. The Bertz CT molecular complexity index is 1570. The van der Waals surface area contributed by atoms with Gasteiger partial charge >= 0.3 is 7.12 Å². The first kappa shape index (κ1) is 33.3. The summed E-state index contributed by atoms with van der Waals surface area (Å²) in [6, 6.07) is 50.2. The minimum Gasteiger partial charge on any atom is -0.401 e. The number of ether oxygens (including phenoxy) is 2. The van der Waals surface area contributed by atoms with Gasteiger partial charge in [0.1, 0.15) is 23.4 Å². The molecule has 5 aromatic rings.